The number of guanidine groups is 1. The lowest BCUT2D eigenvalue weighted by molar-refractivity contribution is 0.430. The van der Waals surface area contributed by atoms with Gasteiger partial charge in [0.2, 0.25) is 0 Å². The second kappa shape index (κ2) is 6.59. The summed E-state index contributed by atoms with van der Waals surface area (Å²) >= 11 is 0. The summed E-state index contributed by atoms with van der Waals surface area (Å²) in [5.74, 6) is 0.553. The molecular formula is C16H19N3. The van der Waals surface area contributed by atoms with Crippen LogP contribution in [0.2, 0.25) is 0 Å². The fourth-order valence-corrected chi connectivity index (χ4v) is 1.86. The Kier molecular flexibility index (Phi) is 4.56. The van der Waals surface area contributed by atoms with Gasteiger partial charge in [0.15, 0.2) is 5.96 Å². The molecule has 2 rings (SSSR count). The molecule has 0 bridgehead atoms. The molecule has 2 aromatic carbocycles. The molecule has 0 unspecified atom stereocenters. The van der Waals surface area contributed by atoms with E-state index in [0.29, 0.717) is 5.96 Å². The van der Waals surface area contributed by atoms with Crippen LogP contribution in [0.3, 0.4) is 0 Å². The molecule has 0 aliphatic carbocycles. The van der Waals surface area contributed by atoms with Crippen LogP contribution in [-0.4, -0.2) is 17.4 Å². The Labute approximate surface area is 114 Å². The van der Waals surface area contributed by atoms with Crippen molar-refractivity contribution in [2.24, 2.45) is 10.7 Å². The van der Waals surface area contributed by atoms with Gasteiger partial charge in [0, 0.05) is 13.1 Å². The number of hydrogen-bond donors (Lipinski definition) is 1. The number of hydrogen-bond acceptors (Lipinski definition) is 1. The van der Waals surface area contributed by atoms with Gasteiger partial charge < -0.3 is 10.6 Å². The minimum Gasteiger partial charge on any atom is -0.369 e. The maximum absolute atomic E-state index is 6.08. The van der Waals surface area contributed by atoms with E-state index in [1.807, 2.05) is 48.5 Å². The topological polar surface area (TPSA) is 41.6 Å². The number of nitrogens with zero attached hydrogens (tertiary/aromatic N) is 2. The predicted octanol–water partition coefficient (Wildman–Crippen LogP) is 3.15. The maximum atomic E-state index is 6.08. The molecule has 0 radical (unpaired) electrons. The summed E-state index contributed by atoms with van der Waals surface area (Å²) in [7, 11) is 0. The maximum Gasteiger partial charge on any atom is 0.196 e. The van der Waals surface area contributed by atoms with E-state index in [1.54, 1.807) is 0 Å². The first-order valence-electron chi connectivity index (χ1n) is 6.47. The van der Waals surface area contributed by atoms with Gasteiger partial charge in [-0.3, -0.25) is 0 Å². The van der Waals surface area contributed by atoms with Gasteiger partial charge in [-0.2, -0.15) is 0 Å². The summed E-state index contributed by atoms with van der Waals surface area (Å²) < 4.78 is 0. The lowest BCUT2D eigenvalue weighted by Gasteiger charge is -2.21. The standard InChI is InChI=1S/C16H19N3/c1-2-19(13-14-9-5-3-6-10-14)16(17)18-15-11-7-4-8-12-15/h3-12H,2,13H2,1H3,(H2,17,18). The van der Waals surface area contributed by atoms with Gasteiger partial charge in [0.25, 0.3) is 0 Å². The lowest BCUT2D eigenvalue weighted by Crippen LogP contribution is -2.36. The van der Waals surface area contributed by atoms with Crippen LogP contribution in [-0.2, 0) is 6.54 Å². The number of aliphatic imine (C=N–C) groups is 1. The van der Waals surface area contributed by atoms with Crippen molar-refractivity contribution in [3.8, 4) is 0 Å². The molecule has 0 aromatic heterocycles. The number of benzene rings is 2. The van der Waals surface area contributed by atoms with E-state index < -0.39 is 0 Å². The monoisotopic (exact) mass is 253 g/mol. The molecule has 0 saturated carbocycles. The van der Waals surface area contributed by atoms with E-state index in [-0.39, 0.29) is 0 Å². The Hall–Kier alpha value is -2.29. The Morgan fingerprint density at radius 3 is 2.16 bits per heavy atom. The molecule has 0 heterocycles. The van der Waals surface area contributed by atoms with Gasteiger partial charge in [-0.1, -0.05) is 48.5 Å². The van der Waals surface area contributed by atoms with E-state index in [4.69, 9.17) is 5.73 Å². The normalized spacial score (nSPS) is 11.3. The molecule has 3 nitrogen and oxygen atoms in total. The van der Waals surface area contributed by atoms with Crippen molar-refractivity contribution in [1.82, 2.24) is 4.90 Å². The van der Waals surface area contributed by atoms with E-state index in [1.165, 1.54) is 5.56 Å². The zero-order valence-corrected chi connectivity index (χ0v) is 11.2. The van der Waals surface area contributed by atoms with Crippen molar-refractivity contribution in [1.29, 1.82) is 0 Å². The van der Waals surface area contributed by atoms with Gasteiger partial charge >= 0.3 is 0 Å². The van der Waals surface area contributed by atoms with Crippen molar-refractivity contribution in [3.63, 3.8) is 0 Å². The van der Waals surface area contributed by atoms with Crippen LogP contribution in [0, 0.1) is 0 Å². The highest BCUT2D eigenvalue weighted by atomic mass is 15.2. The number of rotatable bonds is 4. The van der Waals surface area contributed by atoms with Crippen molar-refractivity contribution in [3.05, 3.63) is 66.2 Å². The van der Waals surface area contributed by atoms with E-state index in [9.17, 15) is 0 Å². The average Bonchev–Trinajstić information content (AvgIpc) is 2.47. The molecule has 0 aliphatic heterocycles. The second-order valence-electron chi connectivity index (χ2n) is 4.31. The quantitative estimate of drug-likeness (QED) is 0.671. The Balaban J connectivity index is 2.11. The predicted molar refractivity (Wildman–Crippen MR) is 80.3 cm³/mol. The molecule has 0 atom stereocenters. The molecule has 98 valence electrons. The zero-order valence-electron chi connectivity index (χ0n) is 11.2. The Morgan fingerprint density at radius 2 is 1.58 bits per heavy atom. The average molecular weight is 253 g/mol. The van der Waals surface area contributed by atoms with Crippen molar-refractivity contribution < 1.29 is 0 Å². The third-order valence-corrected chi connectivity index (χ3v) is 2.92. The summed E-state index contributed by atoms with van der Waals surface area (Å²) in [6.45, 7) is 3.69. The second-order valence-corrected chi connectivity index (χ2v) is 4.31. The van der Waals surface area contributed by atoms with Gasteiger partial charge in [-0.25, -0.2) is 4.99 Å². The molecule has 0 aliphatic rings. The SMILES string of the molecule is CCN(Cc1ccccc1)C(N)=Nc1ccccc1. The minimum atomic E-state index is 0.553. The van der Waals surface area contributed by atoms with Gasteiger partial charge in [-0.05, 0) is 24.6 Å². The summed E-state index contributed by atoms with van der Waals surface area (Å²) in [5.41, 5.74) is 8.20. The molecular weight excluding hydrogens is 234 g/mol. The summed E-state index contributed by atoms with van der Waals surface area (Å²) in [5, 5.41) is 0. The lowest BCUT2D eigenvalue weighted by atomic mass is 10.2. The molecule has 19 heavy (non-hydrogen) atoms. The third kappa shape index (κ3) is 3.85. The van der Waals surface area contributed by atoms with Crippen LogP contribution in [0.5, 0.6) is 0 Å². The van der Waals surface area contributed by atoms with Crippen LogP contribution in [0.15, 0.2) is 65.7 Å². The highest BCUT2D eigenvalue weighted by Crippen LogP contribution is 2.11. The third-order valence-electron chi connectivity index (χ3n) is 2.92. The first kappa shape index (κ1) is 13.1. The highest BCUT2D eigenvalue weighted by molar-refractivity contribution is 5.81. The van der Waals surface area contributed by atoms with Crippen LogP contribution in [0.4, 0.5) is 5.69 Å². The Bertz CT molecular complexity index is 520. The van der Waals surface area contributed by atoms with Gasteiger partial charge in [-0.15, -0.1) is 0 Å². The zero-order chi connectivity index (χ0) is 13.5. The van der Waals surface area contributed by atoms with E-state index in [2.05, 4.69) is 28.9 Å². The first-order valence-corrected chi connectivity index (χ1v) is 6.47. The van der Waals surface area contributed by atoms with E-state index in [0.717, 1.165) is 18.8 Å². The number of nitrogens with two attached hydrogens (primary N) is 1. The van der Waals surface area contributed by atoms with E-state index >= 15 is 0 Å². The van der Waals surface area contributed by atoms with Crippen molar-refractivity contribution in [2.45, 2.75) is 13.5 Å². The summed E-state index contributed by atoms with van der Waals surface area (Å²) in [6, 6.07) is 20.1. The molecule has 0 fully saturated rings. The van der Waals surface area contributed by atoms with Gasteiger partial charge in [0.1, 0.15) is 0 Å². The fraction of sp³-hybridized carbons (Fsp3) is 0.188. The van der Waals surface area contributed by atoms with Crippen molar-refractivity contribution >= 4 is 11.6 Å². The fourth-order valence-electron chi connectivity index (χ4n) is 1.86. The van der Waals surface area contributed by atoms with Crippen LogP contribution >= 0.6 is 0 Å². The molecule has 3 heteroatoms. The minimum absolute atomic E-state index is 0.553. The van der Waals surface area contributed by atoms with Crippen molar-refractivity contribution in [2.75, 3.05) is 6.54 Å². The molecule has 2 aromatic rings. The first-order chi connectivity index (χ1) is 9.29. The van der Waals surface area contributed by atoms with Crippen LogP contribution < -0.4 is 5.73 Å². The molecule has 0 amide bonds. The largest absolute Gasteiger partial charge is 0.369 e. The highest BCUT2D eigenvalue weighted by Gasteiger charge is 2.06. The summed E-state index contributed by atoms with van der Waals surface area (Å²) in [6.07, 6.45) is 0. The van der Waals surface area contributed by atoms with Crippen LogP contribution in [0.25, 0.3) is 0 Å². The molecule has 0 spiro atoms. The smallest absolute Gasteiger partial charge is 0.196 e. The Morgan fingerprint density at radius 1 is 1.00 bits per heavy atom. The number of para-hydroxylation sites is 1. The van der Waals surface area contributed by atoms with Gasteiger partial charge in [0.05, 0.1) is 5.69 Å². The summed E-state index contributed by atoms with van der Waals surface area (Å²) in [4.78, 5) is 6.50. The van der Waals surface area contributed by atoms with Crippen LogP contribution in [0.1, 0.15) is 12.5 Å². The molecule has 0 saturated heterocycles. The molecule has 2 N–H and O–H groups in total.